The third kappa shape index (κ3) is 4.61. The normalized spacial score (nSPS) is 23.5. The van der Waals surface area contributed by atoms with Crippen LogP contribution in [0.5, 0.6) is 0 Å². The van der Waals surface area contributed by atoms with Crippen molar-refractivity contribution in [2.45, 2.75) is 58.2 Å². The molecule has 1 fully saturated rings. The van der Waals surface area contributed by atoms with Gasteiger partial charge < -0.3 is 4.74 Å². The van der Waals surface area contributed by atoms with E-state index in [2.05, 4.69) is 61.0 Å². The topological polar surface area (TPSA) is 9.23 Å². The summed E-state index contributed by atoms with van der Waals surface area (Å²) < 4.78 is 6.12. The summed E-state index contributed by atoms with van der Waals surface area (Å²) in [4.78, 5) is 0. The number of halogens is 1. The molecule has 0 bridgehead atoms. The molecule has 0 aromatic heterocycles. The third-order valence-corrected chi connectivity index (χ3v) is 4.93. The van der Waals surface area contributed by atoms with E-state index in [1.165, 1.54) is 30.4 Å². The lowest BCUT2D eigenvalue weighted by Gasteiger charge is -2.22. The SMILES string of the molecule is Cc1ccc(CC(CBr)CC2CCC(C)(C)O2)cc1. The minimum Gasteiger partial charge on any atom is -0.372 e. The van der Waals surface area contributed by atoms with E-state index in [9.17, 15) is 0 Å². The molecular formula is C17H25BrO. The van der Waals surface area contributed by atoms with Crippen LogP contribution in [0.2, 0.25) is 0 Å². The fraction of sp³-hybridized carbons (Fsp3) is 0.647. The lowest BCUT2D eigenvalue weighted by molar-refractivity contribution is -0.0233. The number of aryl methyl sites for hydroxylation is 1. The van der Waals surface area contributed by atoms with Gasteiger partial charge in [-0.05, 0) is 57.9 Å². The standard InChI is InChI=1S/C17H25BrO/c1-13-4-6-14(7-5-13)10-15(12-18)11-16-8-9-17(2,3)19-16/h4-7,15-16H,8-12H2,1-3H3. The molecule has 1 aromatic rings. The molecule has 1 aromatic carbocycles. The highest BCUT2D eigenvalue weighted by atomic mass is 79.9. The molecule has 1 heterocycles. The zero-order valence-corrected chi connectivity index (χ0v) is 13.9. The summed E-state index contributed by atoms with van der Waals surface area (Å²) in [5.41, 5.74) is 2.86. The zero-order chi connectivity index (χ0) is 13.9. The predicted octanol–water partition coefficient (Wildman–Crippen LogP) is 4.90. The zero-order valence-electron chi connectivity index (χ0n) is 12.3. The van der Waals surface area contributed by atoms with E-state index in [0.29, 0.717) is 12.0 Å². The Labute approximate surface area is 125 Å². The Morgan fingerprint density at radius 3 is 2.53 bits per heavy atom. The number of hydrogen-bond donors (Lipinski definition) is 0. The van der Waals surface area contributed by atoms with Crippen LogP contribution in [0.4, 0.5) is 0 Å². The Hall–Kier alpha value is -0.340. The highest BCUT2D eigenvalue weighted by Crippen LogP contribution is 2.33. The molecule has 19 heavy (non-hydrogen) atoms. The molecule has 0 spiro atoms. The van der Waals surface area contributed by atoms with Gasteiger partial charge in [-0.1, -0.05) is 45.8 Å². The number of hydrogen-bond acceptors (Lipinski definition) is 1. The van der Waals surface area contributed by atoms with Crippen molar-refractivity contribution in [3.63, 3.8) is 0 Å². The van der Waals surface area contributed by atoms with Crippen molar-refractivity contribution in [1.29, 1.82) is 0 Å². The Bertz CT molecular complexity index is 396. The van der Waals surface area contributed by atoms with Crippen molar-refractivity contribution in [3.8, 4) is 0 Å². The van der Waals surface area contributed by atoms with E-state index >= 15 is 0 Å². The van der Waals surface area contributed by atoms with Crippen molar-refractivity contribution in [1.82, 2.24) is 0 Å². The molecule has 1 aliphatic rings. The van der Waals surface area contributed by atoms with Gasteiger partial charge in [0.1, 0.15) is 0 Å². The maximum absolute atomic E-state index is 6.12. The van der Waals surface area contributed by atoms with Crippen molar-refractivity contribution in [2.24, 2.45) is 5.92 Å². The van der Waals surface area contributed by atoms with Crippen LogP contribution in [0.25, 0.3) is 0 Å². The fourth-order valence-electron chi connectivity index (χ4n) is 2.87. The monoisotopic (exact) mass is 324 g/mol. The molecule has 0 aliphatic carbocycles. The third-order valence-electron chi connectivity index (χ3n) is 4.01. The maximum atomic E-state index is 6.12. The van der Waals surface area contributed by atoms with Crippen LogP contribution in [0, 0.1) is 12.8 Å². The van der Waals surface area contributed by atoms with E-state index in [-0.39, 0.29) is 5.60 Å². The maximum Gasteiger partial charge on any atom is 0.0631 e. The van der Waals surface area contributed by atoms with Gasteiger partial charge in [0.05, 0.1) is 11.7 Å². The molecule has 2 atom stereocenters. The van der Waals surface area contributed by atoms with E-state index in [4.69, 9.17) is 4.74 Å². The first-order valence-electron chi connectivity index (χ1n) is 7.28. The van der Waals surface area contributed by atoms with Crippen LogP contribution in [-0.2, 0) is 11.2 Å². The van der Waals surface area contributed by atoms with Gasteiger partial charge in [-0.2, -0.15) is 0 Å². The summed E-state index contributed by atoms with van der Waals surface area (Å²) >= 11 is 3.67. The molecular weight excluding hydrogens is 300 g/mol. The second kappa shape index (κ2) is 6.41. The van der Waals surface area contributed by atoms with Gasteiger partial charge in [-0.15, -0.1) is 0 Å². The van der Waals surface area contributed by atoms with Crippen molar-refractivity contribution in [2.75, 3.05) is 5.33 Å². The predicted molar refractivity (Wildman–Crippen MR) is 85.0 cm³/mol. The van der Waals surface area contributed by atoms with Crippen LogP contribution < -0.4 is 0 Å². The molecule has 2 rings (SSSR count). The van der Waals surface area contributed by atoms with Gasteiger partial charge in [-0.25, -0.2) is 0 Å². The number of benzene rings is 1. The fourth-order valence-corrected chi connectivity index (χ4v) is 3.37. The minimum atomic E-state index is 0.0887. The molecule has 0 amide bonds. The summed E-state index contributed by atoms with van der Waals surface area (Å²) in [5, 5.41) is 1.06. The summed E-state index contributed by atoms with van der Waals surface area (Å²) in [6, 6.07) is 8.92. The second-order valence-electron chi connectivity index (χ2n) is 6.48. The van der Waals surface area contributed by atoms with Crippen molar-refractivity contribution >= 4 is 15.9 Å². The van der Waals surface area contributed by atoms with Crippen molar-refractivity contribution in [3.05, 3.63) is 35.4 Å². The average Bonchev–Trinajstić information content (AvgIpc) is 2.70. The first-order valence-corrected chi connectivity index (χ1v) is 8.40. The number of ether oxygens (including phenoxy) is 1. The Morgan fingerprint density at radius 1 is 1.32 bits per heavy atom. The summed E-state index contributed by atoms with van der Waals surface area (Å²) in [6.45, 7) is 6.55. The van der Waals surface area contributed by atoms with Crippen LogP contribution in [0.3, 0.4) is 0 Å². The van der Waals surface area contributed by atoms with E-state index < -0.39 is 0 Å². The van der Waals surface area contributed by atoms with Gasteiger partial charge in [0.25, 0.3) is 0 Å². The smallest absolute Gasteiger partial charge is 0.0631 e. The van der Waals surface area contributed by atoms with E-state index in [1.807, 2.05) is 0 Å². The Balaban J connectivity index is 1.88. The summed E-state index contributed by atoms with van der Waals surface area (Å²) in [7, 11) is 0. The van der Waals surface area contributed by atoms with Crippen LogP contribution in [0.15, 0.2) is 24.3 Å². The molecule has 2 unspecified atom stereocenters. The van der Waals surface area contributed by atoms with Gasteiger partial charge in [-0.3, -0.25) is 0 Å². The second-order valence-corrected chi connectivity index (χ2v) is 7.13. The van der Waals surface area contributed by atoms with Gasteiger partial charge in [0.2, 0.25) is 0 Å². The average molecular weight is 325 g/mol. The van der Waals surface area contributed by atoms with Crippen molar-refractivity contribution < 1.29 is 4.74 Å². The Morgan fingerprint density at radius 2 is 2.00 bits per heavy atom. The minimum absolute atomic E-state index is 0.0887. The molecule has 1 saturated heterocycles. The van der Waals surface area contributed by atoms with Crippen LogP contribution >= 0.6 is 15.9 Å². The summed E-state index contributed by atoms with van der Waals surface area (Å²) in [5.74, 6) is 0.668. The molecule has 1 aliphatic heterocycles. The van der Waals surface area contributed by atoms with Gasteiger partial charge in [0.15, 0.2) is 0 Å². The molecule has 0 saturated carbocycles. The number of rotatable bonds is 5. The van der Waals surface area contributed by atoms with E-state index in [1.54, 1.807) is 0 Å². The number of alkyl halides is 1. The molecule has 1 nitrogen and oxygen atoms in total. The highest BCUT2D eigenvalue weighted by molar-refractivity contribution is 9.09. The van der Waals surface area contributed by atoms with Gasteiger partial charge in [0, 0.05) is 5.33 Å². The highest BCUT2D eigenvalue weighted by Gasteiger charge is 2.32. The van der Waals surface area contributed by atoms with Crippen LogP contribution in [0.1, 0.15) is 44.2 Å². The molecule has 0 N–H and O–H groups in total. The van der Waals surface area contributed by atoms with Gasteiger partial charge >= 0.3 is 0 Å². The molecule has 0 radical (unpaired) electrons. The van der Waals surface area contributed by atoms with E-state index in [0.717, 1.165) is 11.8 Å². The quantitative estimate of drug-likeness (QED) is 0.700. The lowest BCUT2D eigenvalue weighted by atomic mass is 9.94. The largest absolute Gasteiger partial charge is 0.372 e. The van der Waals surface area contributed by atoms with Crippen LogP contribution in [-0.4, -0.2) is 17.0 Å². The Kier molecular flexibility index (Phi) is 5.08. The lowest BCUT2D eigenvalue weighted by Crippen LogP contribution is -2.22. The molecule has 2 heteroatoms. The first kappa shape index (κ1) is 15.1. The molecule has 106 valence electrons. The summed E-state index contributed by atoms with van der Waals surface area (Å²) in [6.07, 6.45) is 5.17. The first-order chi connectivity index (χ1) is 8.98.